The van der Waals surface area contributed by atoms with Gasteiger partial charge in [-0.15, -0.1) is 0 Å². The highest BCUT2D eigenvalue weighted by Crippen LogP contribution is 2.38. The van der Waals surface area contributed by atoms with Gasteiger partial charge in [-0.2, -0.15) is 13.2 Å². The van der Waals surface area contributed by atoms with Crippen LogP contribution < -0.4 is 5.32 Å². The Bertz CT molecular complexity index is 1020. The third-order valence-corrected chi connectivity index (χ3v) is 4.65. The number of hydrogen-bond acceptors (Lipinski definition) is 6. The molecule has 0 atom stereocenters. The number of hydrogen-bond donors (Lipinski definition) is 1. The van der Waals surface area contributed by atoms with Gasteiger partial charge in [0.15, 0.2) is 12.2 Å². The Labute approximate surface area is 171 Å². The maximum Gasteiger partial charge on any atom is 0.418 e. The first kappa shape index (κ1) is 21.0. The van der Waals surface area contributed by atoms with Crippen molar-refractivity contribution in [3.05, 3.63) is 53.1 Å². The number of fused-ring (bicyclic) bond motifs is 1. The standard InChI is InChI=1S/C18H12ClF3N2O4S/c19-11-5-3-4-10(18(20,21)22)16(11)24-14(25)8-27-15(26)9-29-17-23-12-6-1-2-7-13(12)28-17/h1-7H,8-9H2,(H,24,25). The van der Waals surface area contributed by atoms with Gasteiger partial charge in [0.2, 0.25) is 0 Å². The monoisotopic (exact) mass is 444 g/mol. The molecule has 2 aromatic carbocycles. The van der Waals surface area contributed by atoms with Crippen molar-refractivity contribution in [3.8, 4) is 0 Å². The number of halogens is 4. The third kappa shape index (κ3) is 5.42. The van der Waals surface area contributed by atoms with E-state index in [-0.39, 0.29) is 16.0 Å². The van der Waals surface area contributed by atoms with E-state index in [4.69, 9.17) is 20.8 Å². The normalized spacial score (nSPS) is 11.4. The number of ether oxygens (including phenoxy) is 1. The largest absolute Gasteiger partial charge is 0.455 e. The van der Waals surface area contributed by atoms with Crippen molar-refractivity contribution < 1.29 is 31.9 Å². The second-order valence-corrected chi connectivity index (χ2v) is 6.94. The molecule has 0 saturated carbocycles. The molecule has 0 unspecified atom stereocenters. The molecule has 6 nitrogen and oxygen atoms in total. The van der Waals surface area contributed by atoms with E-state index in [1.807, 2.05) is 5.32 Å². The summed E-state index contributed by atoms with van der Waals surface area (Å²) in [7, 11) is 0. The topological polar surface area (TPSA) is 81.4 Å². The van der Waals surface area contributed by atoms with Crippen molar-refractivity contribution in [2.24, 2.45) is 0 Å². The number of carbonyl (C=O) groups excluding carboxylic acids is 2. The lowest BCUT2D eigenvalue weighted by atomic mass is 10.1. The van der Waals surface area contributed by atoms with Crippen molar-refractivity contribution in [3.63, 3.8) is 0 Å². The number of amides is 1. The average molecular weight is 445 g/mol. The van der Waals surface area contributed by atoms with Crippen molar-refractivity contribution >= 4 is 52.0 Å². The number of nitrogens with one attached hydrogen (secondary N) is 1. The molecule has 3 aromatic rings. The summed E-state index contributed by atoms with van der Waals surface area (Å²) in [5.41, 5.74) is -0.509. The van der Waals surface area contributed by atoms with Crippen LogP contribution >= 0.6 is 23.4 Å². The van der Waals surface area contributed by atoms with Crippen LogP contribution in [0.2, 0.25) is 5.02 Å². The van der Waals surface area contributed by atoms with E-state index in [9.17, 15) is 22.8 Å². The minimum Gasteiger partial charge on any atom is -0.455 e. The number of thioether (sulfide) groups is 1. The number of carbonyl (C=O) groups is 2. The fourth-order valence-electron chi connectivity index (χ4n) is 2.28. The Morgan fingerprint density at radius 2 is 1.93 bits per heavy atom. The van der Waals surface area contributed by atoms with Crippen LogP contribution in [0.1, 0.15) is 5.56 Å². The van der Waals surface area contributed by atoms with Gasteiger partial charge in [0.05, 0.1) is 16.3 Å². The number of oxazole rings is 1. The van der Waals surface area contributed by atoms with E-state index in [0.29, 0.717) is 11.1 Å². The van der Waals surface area contributed by atoms with Gasteiger partial charge in [-0.05, 0) is 24.3 Å². The molecule has 1 aromatic heterocycles. The first-order chi connectivity index (χ1) is 13.7. The Morgan fingerprint density at radius 3 is 2.66 bits per heavy atom. The molecule has 1 amide bonds. The van der Waals surface area contributed by atoms with Gasteiger partial charge >= 0.3 is 12.1 Å². The zero-order valence-electron chi connectivity index (χ0n) is 14.5. The van der Waals surface area contributed by atoms with Gasteiger partial charge in [0.1, 0.15) is 11.3 Å². The lowest BCUT2D eigenvalue weighted by Crippen LogP contribution is -2.23. The van der Waals surface area contributed by atoms with Crippen molar-refractivity contribution in [2.75, 3.05) is 17.7 Å². The number of benzene rings is 2. The summed E-state index contributed by atoms with van der Waals surface area (Å²) >= 11 is 6.71. The molecule has 0 aliphatic carbocycles. The van der Waals surface area contributed by atoms with E-state index < -0.39 is 35.9 Å². The number of esters is 1. The fourth-order valence-corrected chi connectivity index (χ4v) is 3.14. The van der Waals surface area contributed by atoms with E-state index >= 15 is 0 Å². The van der Waals surface area contributed by atoms with Gasteiger partial charge < -0.3 is 14.5 Å². The van der Waals surface area contributed by atoms with Crippen molar-refractivity contribution in [1.29, 1.82) is 0 Å². The van der Waals surface area contributed by atoms with E-state index in [1.54, 1.807) is 24.3 Å². The number of rotatable bonds is 6. The van der Waals surface area contributed by atoms with Crippen LogP contribution in [0.3, 0.4) is 0 Å². The van der Waals surface area contributed by atoms with Crippen molar-refractivity contribution in [1.82, 2.24) is 4.98 Å². The lowest BCUT2D eigenvalue weighted by Gasteiger charge is -2.15. The quantitative estimate of drug-likeness (QED) is 0.435. The number of aromatic nitrogens is 1. The fraction of sp³-hybridized carbons (Fsp3) is 0.167. The molecule has 0 aliphatic heterocycles. The zero-order chi connectivity index (χ0) is 21.0. The van der Waals surface area contributed by atoms with Crippen LogP contribution in [0.25, 0.3) is 11.1 Å². The number of nitrogens with zero attached hydrogens (tertiary/aromatic N) is 1. The molecular weight excluding hydrogens is 433 g/mol. The second-order valence-electron chi connectivity index (χ2n) is 5.61. The van der Waals surface area contributed by atoms with Gasteiger partial charge in [0, 0.05) is 0 Å². The molecule has 0 bridgehead atoms. The summed E-state index contributed by atoms with van der Waals surface area (Å²) in [5.74, 6) is -1.91. The smallest absolute Gasteiger partial charge is 0.418 e. The Hall–Kier alpha value is -2.72. The maximum atomic E-state index is 13.0. The molecule has 152 valence electrons. The molecular formula is C18H12ClF3N2O4S. The van der Waals surface area contributed by atoms with Gasteiger partial charge in [-0.25, -0.2) is 4.98 Å². The first-order valence-corrected chi connectivity index (χ1v) is 9.40. The van der Waals surface area contributed by atoms with Crippen LogP contribution in [-0.2, 0) is 20.5 Å². The Balaban J connectivity index is 1.52. The lowest BCUT2D eigenvalue weighted by molar-refractivity contribution is -0.144. The van der Waals surface area contributed by atoms with Gasteiger partial charge in [-0.1, -0.05) is 41.6 Å². The molecule has 0 spiro atoms. The number of anilines is 1. The molecule has 1 heterocycles. The van der Waals surface area contributed by atoms with Gasteiger partial charge in [-0.3, -0.25) is 9.59 Å². The third-order valence-electron chi connectivity index (χ3n) is 3.54. The van der Waals surface area contributed by atoms with Crippen LogP contribution in [0.5, 0.6) is 0 Å². The minimum atomic E-state index is -4.71. The first-order valence-electron chi connectivity index (χ1n) is 8.03. The molecule has 0 fully saturated rings. The van der Waals surface area contributed by atoms with Crippen LogP contribution in [0.4, 0.5) is 18.9 Å². The summed E-state index contributed by atoms with van der Waals surface area (Å²) < 4.78 is 49.3. The highest BCUT2D eigenvalue weighted by molar-refractivity contribution is 7.99. The highest BCUT2D eigenvalue weighted by Gasteiger charge is 2.34. The number of alkyl halides is 3. The van der Waals surface area contributed by atoms with E-state index in [0.717, 1.165) is 23.9 Å². The predicted octanol–water partition coefficient (Wildman–Crippen LogP) is 4.77. The summed E-state index contributed by atoms with van der Waals surface area (Å²) in [4.78, 5) is 27.8. The summed E-state index contributed by atoms with van der Waals surface area (Å²) in [5, 5.41) is 1.99. The van der Waals surface area contributed by atoms with Crippen LogP contribution in [0, 0.1) is 0 Å². The Morgan fingerprint density at radius 1 is 1.17 bits per heavy atom. The van der Waals surface area contributed by atoms with Crippen LogP contribution in [0.15, 0.2) is 52.1 Å². The molecule has 29 heavy (non-hydrogen) atoms. The van der Waals surface area contributed by atoms with Crippen LogP contribution in [-0.4, -0.2) is 29.2 Å². The van der Waals surface area contributed by atoms with E-state index in [2.05, 4.69) is 4.98 Å². The number of para-hydroxylation sites is 3. The molecule has 0 aliphatic rings. The summed E-state index contributed by atoms with van der Waals surface area (Å²) in [6.45, 7) is -0.768. The minimum absolute atomic E-state index is 0.194. The molecule has 0 radical (unpaired) electrons. The van der Waals surface area contributed by atoms with E-state index in [1.165, 1.54) is 6.07 Å². The Kier molecular flexibility index (Phi) is 6.33. The molecule has 11 heteroatoms. The SMILES string of the molecule is O=C(COC(=O)CSc1nc2ccccc2o1)Nc1c(Cl)cccc1C(F)(F)F. The van der Waals surface area contributed by atoms with Crippen molar-refractivity contribution in [2.45, 2.75) is 11.4 Å². The predicted molar refractivity (Wildman–Crippen MR) is 101 cm³/mol. The molecule has 3 rings (SSSR count). The molecule has 0 saturated heterocycles. The second kappa shape index (κ2) is 8.75. The summed E-state index contributed by atoms with van der Waals surface area (Å²) in [6.07, 6.45) is -4.71. The maximum absolute atomic E-state index is 13.0. The summed E-state index contributed by atoms with van der Waals surface area (Å²) in [6, 6.07) is 10.1. The zero-order valence-corrected chi connectivity index (χ0v) is 16.0. The van der Waals surface area contributed by atoms with Gasteiger partial charge in [0.25, 0.3) is 11.1 Å². The molecule has 1 N–H and O–H groups in total. The average Bonchev–Trinajstić information content (AvgIpc) is 3.08. The highest BCUT2D eigenvalue weighted by atomic mass is 35.5.